The van der Waals surface area contributed by atoms with Gasteiger partial charge in [-0.05, 0) is 56.2 Å². The van der Waals surface area contributed by atoms with Gasteiger partial charge < -0.3 is 11.1 Å². The molecule has 3 heterocycles. The third-order valence-corrected chi connectivity index (χ3v) is 6.64. The number of hydrogen-bond donors (Lipinski definition) is 2. The van der Waals surface area contributed by atoms with Gasteiger partial charge in [0, 0.05) is 24.6 Å². The highest BCUT2D eigenvalue weighted by molar-refractivity contribution is 5.78. The first-order valence-electron chi connectivity index (χ1n) is 10.3. The van der Waals surface area contributed by atoms with Gasteiger partial charge in [-0.2, -0.15) is 10.4 Å². The molecular weight excluding hydrogens is 336 g/mol. The molecule has 2 aromatic rings. The summed E-state index contributed by atoms with van der Waals surface area (Å²) in [5.74, 6) is 1.60. The Balaban J connectivity index is 1.64. The Bertz CT molecular complexity index is 892. The minimum Gasteiger partial charge on any atom is -0.383 e. The summed E-state index contributed by atoms with van der Waals surface area (Å²) in [5.41, 5.74) is 12.2. The van der Waals surface area contributed by atoms with Crippen LogP contribution >= 0.6 is 0 Å². The Labute approximate surface area is 159 Å². The summed E-state index contributed by atoms with van der Waals surface area (Å²) in [7, 11) is 0. The number of rotatable bonds is 2. The molecule has 140 valence electrons. The van der Waals surface area contributed by atoms with Crippen LogP contribution in [0.5, 0.6) is 0 Å². The summed E-state index contributed by atoms with van der Waals surface area (Å²) in [6, 6.07) is 4.45. The normalized spacial score (nSPS) is 22.3. The number of anilines is 1. The predicted octanol–water partition coefficient (Wildman–Crippen LogP) is 3.11. The lowest BCUT2D eigenvalue weighted by Crippen LogP contribution is -2.12. The third-order valence-electron chi connectivity index (χ3n) is 6.64. The van der Waals surface area contributed by atoms with Crippen LogP contribution in [0.4, 0.5) is 5.82 Å². The van der Waals surface area contributed by atoms with E-state index in [1.54, 1.807) is 0 Å². The standard InChI is InChI=1S/C21H26N6/c22-11-17-19(18-10-14-12-24-8-3-9-27(14)26-18)16-7-6-15(13-4-1-2-5-13)20(16)25-21(17)23/h10,13,15,24H,1-9,12H2,(H2,23,25). The number of nitrogen functional groups attached to an aromatic ring is 1. The maximum absolute atomic E-state index is 9.80. The minimum atomic E-state index is 0.373. The summed E-state index contributed by atoms with van der Waals surface area (Å²) in [4.78, 5) is 4.74. The van der Waals surface area contributed by atoms with Crippen molar-refractivity contribution in [2.45, 2.75) is 64.0 Å². The highest BCUT2D eigenvalue weighted by atomic mass is 15.3. The second-order valence-electron chi connectivity index (χ2n) is 8.19. The molecule has 1 atom stereocenters. The van der Waals surface area contributed by atoms with Crippen molar-refractivity contribution >= 4 is 5.82 Å². The summed E-state index contributed by atoms with van der Waals surface area (Å²) >= 11 is 0. The van der Waals surface area contributed by atoms with Crippen molar-refractivity contribution in [2.24, 2.45) is 5.92 Å². The van der Waals surface area contributed by atoms with Crippen molar-refractivity contribution in [1.29, 1.82) is 5.26 Å². The second-order valence-corrected chi connectivity index (χ2v) is 8.19. The molecule has 3 N–H and O–H groups in total. The molecule has 1 fully saturated rings. The zero-order valence-corrected chi connectivity index (χ0v) is 15.7. The first kappa shape index (κ1) is 16.8. The SMILES string of the molecule is N#Cc1c(N)nc2c(c1-c1cc3n(n1)CCCNC3)CCC2C1CCCC1. The van der Waals surface area contributed by atoms with Gasteiger partial charge in [-0.3, -0.25) is 4.68 Å². The largest absolute Gasteiger partial charge is 0.383 e. The summed E-state index contributed by atoms with van der Waals surface area (Å²) < 4.78 is 2.09. The summed E-state index contributed by atoms with van der Waals surface area (Å²) in [6.07, 6.45) is 8.43. The molecule has 5 rings (SSSR count). The van der Waals surface area contributed by atoms with Crippen molar-refractivity contribution in [3.05, 3.63) is 28.6 Å². The van der Waals surface area contributed by atoms with Gasteiger partial charge in [0.15, 0.2) is 0 Å². The quantitative estimate of drug-likeness (QED) is 0.856. The average Bonchev–Trinajstić information content (AvgIpc) is 3.38. The van der Waals surface area contributed by atoms with Crippen molar-refractivity contribution in [2.75, 3.05) is 12.3 Å². The van der Waals surface area contributed by atoms with Crippen LogP contribution < -0.4 is 11.1 Å². The van der Waals surface area contributed by atoms with Crippen molar-refractivity contribution < 1.29 is 0 Å². The van der Waals surface area contributed by atoms with Crippen LogP contribution in [0.1, 0.15) is 67.0 Å². The molecule has 3 aliphatic rings. The molecule has 0 aromatic carbocycles. The number of pyridine rings is 1. The van der Waals surface area contributed by atoms with Crippen molar-refractivity contribution in [1.82, 2.24) is 20.1 Å². The summed E-state index contributed by atoms with van der Waals surface area (Å²) in [6.45, 7) is 2.75. The predicted molar refractivity (Wildman–Crippen MR) is 104 cm³/mol. The number of hydrogen-bond acceptors (Lipinski definition) is 5. The van der Waals surface area contributed by atoms with Crippen molar-refractivity contribution in [3.8, 4) is 17.3 Å². The topological polar surface area (TPSA) is 92.5 Å². The number of nitrogens with two attached hydrogens (primary N) is 1. The molecule has 0 saturated heterocycles. The first-order chi connectivity index (χ1) is 13.3. The van der Waals surface area contributed by atoms with Crippen LogP contribution in [-0.4, -0.2) is 21.3 Å². The van der Waals surface area contributed by atoms with Crippen molar-refractivity contribution in [3.63, 3.8) is 0 Å². The molecule has 1 aliphatic heterocycles. The van der Waals surface area contributed by atoms with Gasteiger partial charge in [-0.15, -0.1) is 0 Å². The fourth-order valence-electron chi connectivity index (χ4n) is 5.35. The Hall–Kier alpha value is -2.39. The zero-order chi connectivity index (χ0) is 18.4. The molecule has 1 unspecified atom stereocenters. The van der Waals surface area contributed by atoms with Gasteiger partial charge >= 0.3 is 0 Å². The maximum atomic E-state index is 9.80. The van der Waals surface area contributed by atoms with Crippen LogP contribution in [0.2, 0.25) is 0 Å². The average molecular weight is 362 g/mol. The fourth-order valence-corrected chi connectivity index (χ4v) is 5.35. The van der Waals surface area contributed by atoms with E-state index in [4.69, 9.17) is 15.8 Å². The molecule has 0 bridgehead atoms. The molecule has 6 heteroatoms. The Morgan fingerprint density at radius 2 is 2.07 bits per heavy atom. The van der Waals surface area contributed by atoms with E-state index in [1.807, 2.05) is 0 Å². The molecule has 0 spiro atoms. The molecule has 2 aliphatic carbocycles. The van der Waals surface area contributed by atoms with Gasteiger partial charge in [-0.25, -0.2) is 4.98 Å². The molecule has 0 radical (unpaired) electrons. The van der Waals surface area contributed by atoms with Crippen LogP contribution in [0.25, 0.3) is 11.3 Å². The van der Waals surface area contributed by atoms with E-state index in [0.717, 1.165) is 61.8 Å². The van der Waals surface area contributed by atoms with Crippen LogP contribution in [0.3, 0.4) is 0 Å². The van der Waals surface area contributed by atoms with Gasteiger partial charge in [0.1, 0.15) is 17.5 Å². The molecular formula is C21H26N6. The van der Waals surface area contributed by atoms with Gasteiger partial charge in [0.2, 0.25) is 0 Å². The number of aromatic nitrogens is 3. The van der Waals surface area contributed by atoms with Crippen LogP contribution in [-0.2, 0) is 19.5 Å². The molecule has 2 aromatic heterocycles. The highest BCUT2D eigenvalue weighted by Crippen LogP contribution is 2.48. The highest BCUT2D eigenvalue weighted by Gasteiger charge is 2.36. The summed E-state index contributed by atoms with van der Waals surface area (Å²) in [5, 5.41) is 18.1. The number of aryl methyl sites for hydroxylation is 1. The smallest absolute Gasteiger partial charge is 0.142 e. The Kier molecular flexibility index (Phi) is 4.13. The van der Waals surface area contributed by atoms with E-state index in [0.29, 0.717) is 17.3 Å². The molecule has 1 saturated carbocycles. The van der Waals surface area contributed by atoms with E-state index < -0.39 is 0 Å². The minimum absolute atomic E-state index is 0.373. The maximum Gasteiger partial charge on any atom is 0.142 e. The number of fused-ring (bicyclic) bond motifs is 2. The lowest BCUT2D eigenvalue weighted by Gasteiger charge is -2.19. The third kappa shape index (κ3) is 2.72. The monoisotopic (exact) mass is 362 g/mol. The van der Waals surface area contributed by atoms with Gasteiger partial charge in [-0.1, -0.05) is 12.8 Å². The first-order valence-corrected chi connectivity index (χ1v) is 10.3. The zero-order valence-electron chi connectivity index (χ0n) is 15.7. The van der Waals surface area contributed by atoms with Gasteiger partial charge in [0.05, 0.1) is 17.1 Å². The van der Waals surface area contributed by atoms with E-state index in [2.05, 4.69) is 22.1 Å². The lowest BCUT2D eigenvalue weighted by molar-refractivity contribution is 0.426. The molecule has 6 nitrogen and oxygen atoms in total. The van der Waals surface area contributed by atoms with Crippen LogP contribution in [0.15, 0.2) is 6.07 Å². The van der Waals surface area contributed by atoms with Crippen LogP contribution in [0, 0.1) is 17.2 Å². The number of nitrogens with zero attached hydrogens (tertiary/aromatic N) is 4. The molecule has 0 amide bonds. The fraction of sp³-hybridized carbons (Fsp3) is 0.571. The van der Waals surface area contributed by atoms with E-state index in [1.165, 1.54) is 36.9 Å². The Morgan fingerprint density at radius 1 is 1.22 bits per heavy atom. The Morgan fingerprint density at radius 3 is 2.89 bits per heavy atom. The number of nitrogens with one attached hydrogen (secondary N) is 1. The lowest BCUT2D eigenvalue weighted by atomic mass is 9.88. The van der Waals surface area contributed by atoms with E-state index in [-0.39, 0.29) is 0 Å². The number of nitriles is 1. The van der Waals surface area contributed by atoms with E-state index in [9.17, 15) is 5.26 Å². The van der Waals surface area contributed by atoms with Gasteiger partial charge in [0.25, 0.3) is 0 Å². The second kappa shape index (κ2) is 6.65. The van der Waals surface area contributed by atoms with E-state index >= 15 is 0 Å². The molecule has 27 heavy (non-hydrogen) atoms.